The van der Waals surface area contributed by atoms with Crippen LogP contribution in [0.5, 0.6) is 0 Å². The topological polar surface area (TPSA) is 129 Å². The number of ether oxygens (including phenoxy) is 1. The first kappa shape index (κ1) is 21.4. The third kappa shape index (κ3) is 4.14. The molecule has 3 aromatic carbocycles. The molecule has 0 saturated carbocycles. The molecular formula is C25H23N3O4. The number of nitrogens with two attached hydrogens (primary N) is 1. The van der Waals surface area contributed by atoms with Gasteiger partial charge in [-0.3, -0.25) is 0 Å². The van der Waals surface area contributed by atoms with E-state index in [0.717, 1.165) is 22.3 Å². The van der Waals surface area contributed by atoms with Gasteiger partial charge in [-0.25, -0.2) is 4.79 Å². The quantitative estimate of drug-likeness (QED) is 0.446. The van der Waals surface area contributed by atoms with Crippen LogP contribution in [0.25, 0.3) is 11.1 Å². The minimum atomic E-state index is -1.28. The summed E-state index contributed by atoms with van der Waals surface area (Å²) in [4.78, 5) is 12.2. The van der Waals surface area contributed by atoms with E-state index in [1.54, 1.807) is 0 Å². The number of rotatable bonds is 6. The zero-order valence-corrected chi connectivity index (χ0v) is 17.2. The van der Waals surface area contributed by atoms with Gasteiger partial charge in [0.05, 0.1) is 5.56 Å². The first-order valence-electron chi connectivity index (χ1n) is 10.2. The van der Waals surface area contributed by atoms with Crippen LogP contribution in [0, 0.1) is 11.3 Å². The lowest BCUT2D eigenvalue weighted by molar-refractivity contribution is 0.0186. The van der Waals surface area contributed by atoms with E-state index in [9.17, 15) is 15.0 Å². The van der Waals surface area contributed by atoms with E-state index in [-0.39, 0.29) is 30.3 Å². The van der Waals surface area contributed by atoms with E-state index in [1.807, 2.05) is 42.5 Å². The highest BCUT2D eigenvalue weighted by Gasteiger charge is 2.29. The number of alkyl carbamates (subject to hydrolysis) is 1. The van der Waals surface area contributed by atoms with Crippen LogP contribution in [0.1, 0.15) is 34.3 Å². The van der Waals surface area contributed by atoms with Crippen molar-refractivity contribution in [2.75, 3.05) is 18.9 Å². The van der Waals surface area contributed by atoms with Gasteiger partial charge in [0.1, 0.15) is 24.9 Å². The second-order valence-electron chi connectivity index (χ2n) is 7.68. The van der Waals surface area contributed by atoms with E-state index in [0.29, 0.717) is 5.56 Å². The van der Waals surface area contributed by atoms with Crippen molar-refractivity contribution in [1.29, 1.82) is 5.26 Å². The summed E-state index contributed by atoms with van der Waals surface area (Å²) in [6.07, 6.45) is -3.24. The van der Waals surface area contributed by atoms with Crippen LogP contribution in [-0.2, 0) is 4.74 Å². The summed E-state index contributed by atoms with van der Waals surface area (Å²) < 4.78 is 5.43. The largest absolute Gasteiger partial charge is 0.449 e. The number of fused-ring (bicyclic) bond motifs is 3. The number of aliphatic hydroxyl groups excluding tert-OH is 2. The standard InChI is InChI=1S/C25H23N3O4/c26-12-16-10-9-15(11-22(16)27)24(30)23(29)13-28-25(31)32-14-21-19-7-3-1-5-17(19)18-6-2-4-8-20(18)21/h1-11,21,23-24,29-30H,13-14,27H2,(H,28,31). The molecule has 0 heterocycles. The Morgan fingerprint density at radius 3 is 2.28 bits per heavy atom. The van der Waals surface area contributed by atoms with Gasteiger partial charge in [-0.15, -0.1) is 0 Å². The Balaban J connectivity index is 1.34. The molecule has 2 unspecified atom stereocenters. The maximum atomic E-state index is 12.2. The molecule has 1 amide bonds. The van der Waals surface area contributed by atoms with Gasteiger partial charge in [-0.2, -0.15) is 5.26 Å². The Kier molecular flexibility index (Phi) is 6.08. The highest BCUT2D eigenvalue weighted by Crippen LogP contribution is 2.44. The summed E-state index contributed by atoms with van der Waals surface area (Å²) in [7, 11) is 0. The number of benzene rings is 3. The van der Waals surface area contributed by atoms with Gasteiger partial charge in [0.15, 0.2) is 0 Å². The number of anilines is 1. The predicted molar refractivity (Wildman–Crippen MR) is 120 cm³/mol. The van der Waals surface area contributed by atoms with Gasteiger partial charge < -0.3 is 26.0 Å². The lowest BCUT2D eigenvalue weighted by Gasteiger charge is -2.20. The third-order valence-corrected chi connectivity index (χ3v) is 5.70. The van der Waals surface area contributed by atoms with E-state index in [1.165, 1.54) is 18.2 Å². The van der Waals surface area contributed by atoms with Gasteiger partial charge >= 0.3 is 6.09 Å². The molecule has 32 heavy (non-hydrogen) atoms. The highest BCUT2D eigenvalue weighted by molar-refractivity contribution is 5.79. The van der Waals surface area contributed by atoms with Crippen LogP contribution in [0.15, 0.2) is 66.7 Å². The predicted octanol–water partition coefficient (Wildman–Crippen LogP) is 3.07. The second kappa shape index (κ2) is 9.10. The molecule has 0 aliphatic heterocycles. The van der Waals surface area contributed by atoms with E-state index in [4.69, 9.17) is 15.7 Å². The van der Waals surface area contributed by atoms with Gasteiger partial charge in [0.2, 0.25) is 0 Å². The average molecular weight is 429 g/mol. The third-order valence-electron chi connectivity index (χ3n) is 5.70. The van der Waals surface area contributed by atoms with Crippen molar-refractivity contribution in [3.8, 4) is 17.2 Å². The number of aliphatic hydroxyl groups is 2. The van der Waals surface area contributed by atoms with E-state index < -0.39 is 18.3 Å². The van der Waals surface area contributed by atoms with E-state index in [2.05, 4.69) is 17.4 Å². The van der Waals surface area contributed by atoms with Crippen LogP contribution >= 0.6 is 0 Å². The number of amides is 1. The molecule has 0 saturated heterocycles. The maximum Gasteiger partial charge on any atom is 0.407 e. The molecule has 0 aromatic heterocycles. The summed E-state index contributed by atoms with van der Waals surface area (Å²) in [5.74, 6) is -0.0645. The fraction of sp³-hybridized carbons (Fsp3) is 0.200. The Hall–Kier alpha value is -3.86. The Morgan fingerprint density at radius 1 is 1.06 bits per heavy atom. The molecule has 1 aliphatic carbocycles. The summed E-state index contributed by atoms with van der Waals surface area (Å²) >= 11 is 0. The fourth-order valence-electron chi connectivity index (χ4n) is 4.04. The molecule has 5 N–H and O–H groups in total. The van der Waals surface area contributed by atoms with Gasteiger partial charge in [-0.05, 0) is 39.9 Å². The average Bonchev–Trinajstić information content (AvgIpc) is 3.14. The summed E-state index contributed by atoms with van der Waals surface area (Å²) in [5.41, 5.74) is 11.1. The molecule has 0 bridgehead atoms. The Bertz CT molecular complexity index is 1140. The lowest BCUT2D eigenvalue weighted by atomic mass is 9.98. The first-order chi connectivity index (χ1) is 15.5. The minimum Gasteiger partial charge on any atom is -0.449 e. The van der Waals surface area contributed by atoms with Gasteiger partial charge in [-0.1, -0.05) is 54.6 Å². The smallest absolute Gasteiger partial charge is 0.407 e. The van der Waals surface area contributed by atoms with Crippen LogP contribution < -0.4 is 11.1 Å². The second-order valence-corrected chi connectivity index (χ2v) is 7.68. The lowest BCUT2D eigenvalue weighted by Crippen LogP contribution is -2.36. The van der Waals surface area contributed by atoms with Crippen LogP contribution in [0.4, 0.5) is 10.5 Å². The molecule has 7 heteroatoms. The van der Waals surface area contributed by atoms with Crippen molar-refractivity contribution in [2.45, 2.75) is 18.1 Å². The number of nitrogens with zero attached hydrogens (tertiary/aromatic N) is 1. The first-order valence-corrected chi connectivity index (χ1v) is 10.2. The number of nitrogen functional groups attached to an aromatic ring is 1. The molecule has 0 radical (unpaired) electrons. The maximum absolute atomic E-state index is 12.2. The summed E-state index contributed by atoms with van der Waals surface area (Å²) in [6, 6.07) is 22.4. The molecule has 2 atom stereocenters. The van der Waals surface area contributed by atoms with E-state index >= 15 is 0 Å². The Morgan fingerprint density at radius 2 is 1.69 bits per heavy atom. The van der Waals surface area contributed by atoms with Crippen LogP contribution in [0.3, 0.4) is 0 Å². The SMILES string of the molecule is N#Cc1ccc(C(O)C(O)CNC(=O)OCC2c3ccccc3-c3ccccc32)cc1N. The number of carbonyl (C=O) groups excluding carboxylic acids is 1. The molecular weight excluding hydrogens is 406 g/mol. The monoisotopic (exact) mass is 429 g/mol. The molecule has 0 spiro atoms. The summed E-state index contributed by atoms with van der Waals surface area (Å²) in [5, 5.41) is 32.0. The number of hydrogen-bond donors (Lipinski definition) is 4. The fourth-order valence-corrected chi connectivity index (χ4v) is 4.04. The van der Waals surface area contributed by atoms with Crippen molar-refractivity contribution in [2.24, 2.45) is 0 Å². The summed E-state index contributed by atoms with van der Waals surface area (Å²) in [6.45, 7) is -0.0532. The number of nitriles is 1. The van der Waals surface area contributed by atoms with Crippen molar-refractivity contribution >= 4 is 11.8 Å². The van der Waals surface area contributed by atoms with Gasteiger partial charge in [0.25, 0.3) is 0 Å². The zero-order valence-electron chi connectivity index (χ0n) is 17.2. The normalized spacial score (nSPS) is 14.0. The molecule has 0 fully saturated rings. The van der Waals surface area contributed by atoms with Crippen LogP contribution in [0.2, 0.25) is 0 Å². The molecule has 4 rings (SSSR count). The van der Waals surface area contributed by atoms with Gasteiger partial charge in [0, 0.05) is 18.2 Å². The van der Waals surface area contributed by atoms with Crippen LogP contribution in [-0.4, -0.2) is 35.6 Å². The minimum absolute atomic E-state index is 0.0645. The zero-order chi connectivity index (χ0) is 22.7. The Labute approximate surface area is 185 Å². The number of nitrogens with one attached hydrogen (secondary N) is 1. The number of carbonyl (C=O) groups is 1. The van der Waals surface area contributed by atoms with Crippen molar-refractivity contribution < 1.29 is 19.7 Å². The van der Waals surface area contributed by atoms with Crippen molar-refractivity contribution in [3.05, 3.63) is 89.0 Å². The highest BCUT2D eigenvalue weighted by atomic mass is 16.5. The molecule has 7 nitrogen and oxygen atoms in total. The van der Waals surface area contributed by atoms with Crippen molar-refractivity contribution in [1.82, 2.24) is 5.32 Å². The molecule has 162 valence electrons. The van der Waals surface area contributed by atoms with Crippen molar-refractivity contribution in [3.63, 3.8) is 0 Å². The molecule has 3 aromatic rings. The molecule has 1 aliphatic rings. The number of hydrogen-bond acceptors (Lipinski definition) is 6.